The van der Waals surface area contributed by atoms with E-state index in [1.54, 1.807) is 17.0 Å². The predicted octanol–water partition coefficient (Wildman–Crippen LogP) is 0.651. The SMILES string of the molecule is O=C(NCCN1CCOCC1)N[C@H]1CS(=O)(=O)C[C@@H]1C(=O)N1CCC[C@@H](Cc2ccc(F)cc2)C1. The van der Waals surface area contributed by atoms with Gasteiger partial charge in [-0.25, -0.2) is 17.6 Å². The summed E-state index contributed by atoms with van der Waals surface area (Å²) in [5, 5.41) is 5.53. The van der Waals surface area contributed by atoms with Crippen LogP contribution in [-0.2, 0) is 25.8 Å². The first-order valence-corrected chi connectivity index (χ1v) is 14.2. The first-order chi connectivity index (χ1) is 16.8. The number of hydrogen-bond donors (Lipinski definition) is 2. The number of urea groups is 1. The Morgan fingerprint density at radius 3 is 2.57 bits per heavy atom. The molecule has 1 aromatic carbocycles. The molecule has 0 aliphatic carbocycles. The van der Waals surface area contributed by atoms with Crippen LogP contribution >= 0.6 is 0 Å². The molecule has 0 saturated carbocycles. The average Bonchev–Trinajstić information content (AvgIpc) is 3.14. The van der Waals surface area contributed by atoms with Crippen LogP contribution in [0.1, 0.15) is 18.4 Å². The zero-order chi connectivity index (χ0) is 24.8. The minimum atomic E-state index is -3.43. The molecule has 3 saturated heterocycles. The van der Waals surface area contributed by atoms with Gasteiger partial charge in [0.25, 0.3) is 0 Å². The van der Waals surface area contributed by atoms with Crippen molar-refractivity contribution >= 4 is 21.8 Å². The third-order valence-electron chi connectivity index (χ3n) is 7.07. The van der Waals surface area contributed by atoms with Gasteiger partial charge in [0.2, 0.25) is 5.91 Å². The van der Waals surface area contributed by atoms with Crippen LogP contribution in [0.4, 0.5) is 9.18 Å². The number of rotatable bonds is 7. The topological polar surface area (TPSA) is 108 Å². The molecule has 3 aliphatic heterocycles. The lowest BCUT2D eigenvalue weighted by molar-refractivity contribution is -0.137. The molecule has 1 aromatic rings. The average molecular weight is 511 g/mol. The first kappa shape index (κ1) is 25.8. The quantitative estimate of drug-likeness (QED) is 0.558. The van der Waals surface area contributed by atoms with Gasteiger partial charge in [-0.15, -0.1) is 0 Å². The summed E-state index contributed by atoms with van der Waals surface area (Å²) < 4.78 is 43.3. The Bertz CT molecular complexity index is 984. The minimum Gasteiger partial charge on any atom is -0.379 e. The van der Waals surface area contributed by atoms with E-state index in [0.717, 1.165) is 37.9 Å². The van der Waals surface area contributed by atoms with Crippen LogP contribution < -0.4 is 10.6 Å². The molecule has 0 aromatic heterocycles. The Hall–Kier alpha value is -2.24. The summed E-state index contributed by atoms with van der Waals surface area (Å²) >= 11 is 0. The summed E-state index contributed by atoms with van der Waals surface area (Å²) in [6.45, 7) is 5.22. The van der Waals surface area contributed by atoms with Gasteiger partial charge >= 0.3 is 6.03 Å². The highest BCUT2D eigenvalue weighted by Crippen LogP contribution is 2.26. The Kier molecular flexibility index (Phi) is 8.61. The lowest BCUT2D eigenvalue weighted by atomic mass is 9.90. The summed E-state index contributed by atoms with van der Waals surface area (Å²) in [5.74, 6) is -1.52. The lowest BCUT2D eigenvalue weighted by Gasteiger charge is -2.35. The van der Waals surface area contributed by atoms with Crippen molar-refractivity contribution in [3.63, 3.8) is 0 Å². The fourth-order valence-corrected chi connectivity index (χ4v) is 7.15. The van der Waals surface area contributed by atoms with Crippen molar-refractivity contribution in [3.8, 4) is 0 Å². The summed E-state index contributed by atoms with van der Waals surface area (Å²) in [4.78, 5) is 29.8. The van der Waals surface area contributed by atoms with Gasteiger partial charge in [-0.1, -0.05) is 12.1 Å². The van der Waals surface area contributed by atoms with E-state index in [1.165, 1.54) is 12.1 Å². The molecule has 0 radical (unpaired) electrons. The van der Waals surface area contributed by atoms with E-state index in [4.69, 9.17) is 4.74 Å². The van der Waals surface area contributed by atoms with E-state index in [-0.39, 0.29) is 29.1 Å². The molecule has 3 fully saturated rings. The number of likely N-dealkylation sites (tertiary alicyclic amines) is 1. The van der Waals surface area contributed by atoms with Crippen LogP contribution in [0.2, 0.25) is 0 Å². The second kappa shape index (κ2) is 11.7. The summed E-state index contributed by atoms with van der Waals surface area (Å²) in [6, 6.07) is 5.20. The van der Waals surface area contributed by atoms with Gasteiger partial charge in [0.15, 0.2) is 9.84 Å². The van der Waals surface area contributed by atoms with Crippen molar-refractivity contribution in [3.05, 3.63) is 35.6 Å². The number of nitrogens with one attached hydrogen (secondary N) is 2. The highest BCUT2D eigenvalue weighted by Gasteiger charge is 2.44. The fourth-order valence-electron chi connectivity index (χ4n) is 5.23. The Morgan fingerprint density at radius 2 is 1.83 bits per heavy atom. The van der Waals surface area contributed by atoms with Crippen molar-refractivity contribution < 1.29 is 27.1 Å². The maximum atomic E-state index is 13.4. The number of piperidine rings is 1. The number of halogens is 1. The monoisotopic (exact) mass is 510 g/mol. The Morgan fingerprint density at radius 1 is 1.09 bits per heavy atom. The molecule has 4 rings (SSSR count). The van der Waals surface area contributed by atoms with Gasteiger partial charge in [0, 0.05) is 39.3 Å². The number of nitrogens with zero attached hydrogens (tertiary/aromatic N) is 2. The number of hydrogen-bond acceptors (Lipinski definition) is 6. The molecular weight excluding hydrogens is 475 g/mol. The van der Waals surface area contributed by atoms with Gasteiger partial charge < -0.3 is 20.3 Å². The van der Waals surface area contributed by atoms with Crippen LogP contribution in [0.25, 0.3) is 0 Å². The van der Waals surface area contributed by atoms with Crippen molar-refractivity contribution in [1.29, 1.82) is 0 Å². The van der Waals surface area contributed by atoms with Gasteiger partial charge in [-0.05, 0) is 42.9 Å². The molecule has 9 nitrogen and oxygen atoms in total. The Balaban J connectivity index is 1.30. The molecule has 3 aliphatic rings. The smallest absolute Gasteiger partial charge is 0.315 e. The summed E-state index contributed by atoms with van der Waals surface area (Å²) in [7, 11) is -3.43. The van der Waals surface area contributed by atoms with Crippen LogP contribution in [0, 0.1) is 17.7 Å². The Labute approximate surface area is 206 Å². The normalized spacial score (nSPS) is 26.9. The van der Waals surface area contributed by atoms with Crippen molar-refractivity contribution in [2.24, 2.45) is 11.8 Å². The van der Waals surface area contributed by atoms with E-state index < -0.39 is 27.8 Å². The predicted molar refractivity (Wildman–Crippen MR) is 129 cm³/mol. The van der Waals surface area contributed by atoms with Crippen molar-refractivity contribution in [2.45, 2.75) is 25.3 Å². The molecule has 35 heavy (non-hydrogen) atoms. The third kappa shape index (κ3) is 7.37. The van der Waals surface area contributed by atoms with Gasteiger partial charge in [0.05, 0.1) is 36.7 Å². The summed E-state index contributed by atoms with van der Waals surface area (Å²) in [6.07, 6.45) is 2.52. The van der Waals surface area contributed by atoms with E-state index in [9.17, 15) is 22.4 Å². The molecule has 2 N–H and O–H groups in total. The van der Waals surface area contributed by atoms with E-state index in [0.29, 0.717) is 39.4 Å². The zero-order valence-electron chi connectivity index (χ0n) is 20.0. The maximum Gasteiger partial charge on any atom is 0.315 e. The van der Waals surface area contributed by atoms with E-state index in [2.05, 4.69) is 15.5 Å². The molecule has 11 heteroatoms. The van der Waals surface area contributed by atoms with Crippen LogP contribution in [0.5, 0.6) is 0 Å². The third-order valence-corrected chi connectivity index (χ3v) is 8.81. The number of ether oxygens (including phenoxy) is 1. The number of amides is 3. The minimum absolute atomic E-state index is 0.214. The molecule has 0 bridgehead atoms. The second-order valence-electron chi connectivity index (χ2n) is 9.77. The van der Waals surface area contributed by atoms with E-state index in [1.807, 2.05) is 0 Å². The fraction of sp³-hybridized carbons (Fsp3) is 0.667. The van der Waals surface area contributed by atoms with Crippen LogP contribution in [0.15, 0.2) is 24.3 Å². The summed E-state index contributed by atoms with van der Waals surface area (Å²) in [5.41, 5.74) is 1.02. The van der Waals surface area contributed by atoms with Crippen LogP contribution in [0.3, 0.4) is 0 Å². The van der Waals surface area contributed by atoms with Crippen LogP contribution in [-0.4, -0.2) is 100 Å². The lowest BCUT2D eigenvalue weighted by Crippen LogP contribution is -2.52. The molecular formula is C24H35FN4O5S. The second-order valence-corrected chi connectivity index (χ2v) is 11.9. The molecule has 0 unspecified atom stereocenters. The number of sulfone groups is 1. The standard InChI is InChI=1S/C24H35FN4O5S/c25-20-5-3-18(4-6-20)14-19-2-1-8-29(15-19)23(30)21-16-35(32,33)17-22(21)27-24(31)26-7-9-28-10-12-34-13-11-28/h3-6,19,21-22H,1-2,7-17H2,(H2,26,27,31)/t19-,21-,22-/m0/s1. The molecule has 3 heterocycles. The van der Waals surface area contributed by atoms with E-state index >= 15 is 0 Å². The number of carbonyl (C=O) groups is 2. The zero-order valence-corrected chi connectivity index (χ0v) is 20.8. The highest BCUT2D eigenvalue weighted by molar-refractivity contribution is 7.91. The number of morpholine rings is 1. The highest BCUT2D eigenvalue weighted by atomic mass is 32.2. The molecule has 0 spiro atoms. The molecule has 3 atom stereocenters. The number of benzene rings is 1. The number of carbonyl (C=O) groups excluding carboxylic acids is 2. The van der Waals surface area contributed by atoms with Crippen molar-refractivity contribution in [1.82, 2.24) is 20.4 Å². The largest absolute Gasteiger partial charge is 0.379 e. The van der Waals surface area contributed by atoms with Gasteiger partial charge in [-0.2, -0.15) is 0 Å². The first-order valence-electron chi connectivity index (χ1n) is 12.4. The molecule has 194 valence electrons. The van der Waals surface area contributed by atoms with Gasteiger partial charge in [-0.3, -0.25) is 9.69 Å². The van der Waals surface area contributed by atoms with Crippen molar-refractivity contribution in [2.75, 3.05) is 64.0 Å². The van der Waals surface area contributed by atoms with Gasteiger partial charge in [0.1, 0.15) is 5.82 Å². The molecule has 3 amide bonds. The maximum absolute atomic E-state index is 13.4.